The van der Waals surface area contributed by atoms with Gasteiger partial charge in [-0.25, -0.2) is 0 Å². The standard InChI is InChI=1S/C20H15N3O/c21-13-5-1-11-4-8-18-19(16(11)9-13)15-7-3-12-2-6-14(22)10-17(12)20(15)23(18)24/h1-10,23H,21-22H2. The Kier molecular flexibility index (Phi) is 2.49. The van der Waals surface area contributed by atoms with Gasteiger partial charge in [0.05, 0.1) is 11.1 Å². The monoisotopic (exact) mass is 313 g/mol. The van der Waals surface area contributed by atoms with E-state index >= 15 is 0 Å². The molecule has 4 nitrogen and oxygen atoms in total. The number of quaternary nitrogens is 1. The van der Waals surface area contributed by atoms with Gasteiger partial charge in [0.1, 0.15) is 5.69 Å². The highest BCUT2D eigenvalue weighted by molar-refractivity contribution is 6.11. The molecule has 0 fully saturated rings. The second kappa shape index (κ2) is 4.47. The van der Waals surface area contributed by atoms with Crippen LogP contribution in [0, 0.1) is 5.21 Å². The third-order valence-corrected chi connectivity index (χ3v) is 4.83. The minimum Gasteiger partial charge on any atom is -0.623 e. The number of nitrogens with two attached hydrogens (primary N) is 2. The summed E-state index contributed by atoms with van der Waals surface area (Å²) in [4.78, 5) is 0. The third kappa shape index (κ3) is 1.64. The van der Waals surface area contributed by atoms with Crippen molar-refractivity contribution in [2.75, 3.05) is 11.5 Å². The number of hydrogen-bond acceptors (Lipinski definition) is 3. The number of nitrogens with one attached hydrogen (secondary N) is 1. The van der Waals surface area contributed by atoms with Crippen LogP contribution in [-0.2, 0) is 0 Å². The molecule has 0 saturated heterocycles. The van der Waals surface area contributed by atoms with Gasteiger partial charge in [-0.2, -0.15) is 0 Å². The molecule has 0 radical (unpaired) electrons. The summed E-state index contributed by atoms with van der Waals surface area (Å²) >= 11 is 0. The van der Waals surface area contributed by atoms with Crippen molar-refractivity contribution in [1.82, 2.24) is 0 Å². The Labute approximate surface area is 138 Å². The Bertz CT molecular complexity index is 1150. The van der Waals surface area contributed by atoms with E-state index in [2.05, 4.69) is 0 Å². The molecule has 1 unspecified atom stereocenters. The lowest BCUT2D eigenvalue weighted by atomic mass is 9.96. The number of fused-ring (bicyclic) bond motifs is 7. The summed E-state index contributed by atoms with van der Waals surface area (Å²) < 4.78 is 0. The van der Waals surface area contributed by atoms with Crippen LogP contribution < -0.4 is 16.5 Å². The van der Waals surface area contributed by atoms with Gasteiger partial charge >= 0.3 is 0 Å². The fourth-order valence-corrected chi connectivity index (χ4v) is 3.74. The largest absolute Gasteiger partial charge is 0.623 e. The Morgan fingerprint density at radius 3 is 2.04 bits per heavy atom. The molecule has 24 heavy (non-hydrogen) atoms. The first-order valence-corrected chi connectivity index (χ1v) is 7.83. The van der Waals surface area contributed by atoms with E-state index in [-0.39, 0.29) is 5.06 Å². The van der Waals surface area contributed by atoms with Gasteiger partial charge in [0.2, 0.25) is 0 Å². The summed E-state index contributed by atoms with van der Waals surface area (Å²) in [5.74, 6) is 0. The van der Waals surface area contributed by atoms with Crippen LogP contribution in [0.3, 0.4) is 0 Å². The zero-order valence-corrected chi connectivity index (χ0v) is 12.8. The van der Waals surface area contributed by atoms with Gasteiger partial charge in [0.25, 0.3) is 0 Å². The summed E-state index contributed by atoms with van der Waals surface area (Å²) in [6.07, 6.45) is 0. The minimum absolute atomic E-state index is 0.0560. The predicted molar refractivity (Wildman–Crippen MR) is 99.4 cm³/mol. The van der Waals surface area contributed by atoms with Crippen LogP contribution in [0.2, 0.25) is 0 Å². The van der Waals surface area contributed by atoms with E-state index in [4.69, 9.17) is 11.5 Å². The molecule has 4 heteroatoms. The van der Waals surface area contributed by atoms with E-state index < -0.39 is 0 Å². The van der Waals surface area contributed by atoms with Crippen LogP contribution in [0.25, 0.3) is 32.7 Å². The first-order valence-electron chi connectivity index (χ1n) is 7.83. The van der Waals surface area contributed by atoms with Gasteiger partial charge in [-0.05, 0) is 52.6 Å². The minimum atomic E-state index is 0.0560. The van der Waals surface area contributed by atoms with Gasteiger partial charge in [0, 0.05) is 22.8 Å². The van der Waals surface area contributed by atoms with Crippen molar-refractivity contribution in [3.63, 3.8) is 0 Å². The second-order valence-corrected chi connectivity index (χ2v) is 6.27. The van der Waals surface area contributed by atoms with Crippen molar-refractivity contribution in [2.45, 2.75) is 0 Å². The maximum absolute atomic E-state index is 13.1. The lowest BCUT2D eigenvalue weighted by molar-refractivity contribution is -0.692. The van der Waals surface area contributed by atoms with Crippen LogP contribution in [0.15, 0.2) is 60.7 Å². The molecule has 0 aromatic heterocycles. The maximum atomic E-state index is 13.1. The molecule has 1 aliphatic rings. The molecule has 0 amide bonds. The van der Waals surface area contributed by atoms with Crippen molar-refractivity contribution >= 4 is 44.3 Å². The highest BCUT2D eigenvalue weighted by atomic mass is 16.5. The normalized spacial score (nSPS) is 15.6. The molecule has 0 bridgehead atoms. The van der Waals surface area contributed by atoms with Crippen LogP contribution >= 0.6 is 0 Å². The van der Waals surface area contributed by atoms with Crippen LogP contribution in [0.1, 0.15) is 0 Å². The van der Waals surface area contributed by atoms with Crippen molar-refractivity contribution in [3.05, 3.63) is 65.9 Å². The zero-order valence-electron chi connectivity index (χ0n) is 12.8. The van der Waals surface area contributed by atoms with E-state index in [0.29, 0.717) is 11.4 Å². The Morgan fingerprint density at radius 1 is 0.708 bits per heavy atom. The Morgan fingerprint density at radius 2 is 1.29 bits per heavy atom. The van der Waals surface area contributed by atoms with Crippen LogP contribution in [0.4, 0.5) is 22.7 Å². The number of hydrogen-bond donors (Lipinski definition) is 3. The molecule has 116 valence electrons. The molecular weight excluding hydrogens is 298 g/mol. The van der Waals surface area contributed by atoms with Crippen molar-refractivity contribution in [2.24, 2.45) is 0 Å². The van der Waals surface area contributed by atoms with Gasteiger partial charge in [0.15, 0.2) is 5.69 Å². The van der Waals surface area contributed by atoms with E-state index in [0.717, 1.165) is 44.0 Å². The topological polar surface area (TPSA) is 79.5 Å². The van der Waals surface area contributed by atoms with E-state index in [1.165, 1.54) is 0 Å². The zero-order chi connectivity index (χ0) is 16.4. The lowest BCUT2D eigenvalue weighted by Crippen LogP contribution is -2.95. The van der Waals surface area contributed by atoms with Crippen LogP contribution in [-0.4, -0.2) is 0 Å². The quantitative estimate of drug-likeness (QED) is 0.343. The summed E-state index contributed by atoms with van der Waals surface area (Å²) in [7, 11) is 0. The summed E-state index contributed by atoms with van der Waals surface area (Å²) in [6, 6.07) is 19.5. The summed E-state index contributed by atoms with van der Waals surface area (Å²) in [6.45, 7) is 0. The highest BCUT2D eigenvalue weighted by Crippen LogP contribution is 2.45. The molecule has 4 aromatic rings. The molecular formula is C20H15N3O. The predicted octanol–water partition coefficient (Wildman–Crippen LogP) is 3.48. The summed E-state index contributed by atoms with van der Waals surface area (Å²) in [5.41, 5.74) is 16.7. The molecule has 1 aliphatic heterocycles. The second-order valence-electron chi connectivity index (χ2n) is 6.27. The van der Waals surface area contributed by atoms with Gasteiger partial charge in [-0.1, -0.05) is 18.2 Å². The van der Waals surface area contributed by atoms with Crippen LogP contribution in [0.5, 0.6) is 0 Å². The SMILES string of the molecule is Nc1ccc2ccc3c(c2c1)-c1ccc2ccc(N)cc2c1[NH+]3[O-]. The first kappa shape index (κ1) is 13.4. The average molecular weight is 313 g/mol. The van der Waals surface area contributed by atoms with E-state index in [1.54, 1.807) is 0 Å². The third-order valence-electron chi connectivity index (χ3n) is 4.83. The van der Waals surface area contributed by atoms with Crippen molar-refractivity contribution in [3.8, 4) is 11.1 Å². The molecule has 1 atom stereocenters. The highest BCUT2D eigenvalue weighted by Gasteiger charge is 2.30. The molecule has 5 rings (SSSR count). The van der Waals surface area contributed by atoms with E-state index in [1.807, 2.05) is 60.7 Å². The fraction of sp³-hybridized carbons (Fsp3) is 0. The molecule has 0 aliphatic carbocycles. The number of anilines is 2. The van der Waals surface area contributed by atoms with Crippen molar-refractivity contribution < 1.29 is 5.06 Å². The maximum Gasteiger partial charge on any atom is 0.152 e. The molecule has 4 aromatic carbocycles. The smallest absolute Gasteiger partial charge is 0.152 e. The number of benzene rings is 4. The summed E-state index contributed by atoms with van der Waals surface area (Å²) in [5, 5.41) is 17.2. The Balaban J connectivity index is 1.95. The molecule has 0 spiro atoms. The van der Waals surface area contributed by atoms with Crippen molar-refractivity contribution in [1.29, 1.82) is 0 Å². The molecule has 1 heterocycles. The van der Waals surface area contributed by atoms with E-state index in [9.17, 15) is 5.21 Å². The first-order chi connectivity index (χ1) is 11.6. The Hall–Kier alpha value is -3.08. The van der Waals surface area contributed by atoms with Gasteiger partial charge < -0.3 is 21.7 Å². The molecule has 0 saturated carbocycles. The number of rotatable bonds is 0. The van der Waals surface area contributed by atoms with Gasteiger partial charge in [-0.15, -0.1) is 0 Å². The fourth-order valence-electron chi connectivity index (χ4n) is 3.74. The lowest BCUT2D eigenvalue weighted by Gasteiger charge is -2.18. The molecule has 5 N–H and O–H groups in total. The van der Waals surface area contributed by atoms with Gasteiger partial charge in [-0.3, -0.25) is 0 Å². The number of nitrogen functional groups attached to an aromatic ring is 2. The average Bonchev–Trinajstić information content (AvgIpc) is 2.88.